The molecule has 0 spiro atoms. The molecule has 0 heterocycles. The predicted octanol–water partition coefficient (Wildman–Crippen LogP) is -0.787. The van der Waals surface area contributed by atoms with E-state index in [1.807, 2.05) is 6.92 Å². The summed E-state index contributed by atoms with van der Waals surface area (Å²) in [5, 5.41) is 0. The summed E-state index contributed by atoms with van der Waals surface area (Å²) in [6, 6.07) is 7.79. The first-order valence-electron chi connectivity index (χ1n) is 3.83. The predicted molar refractivity (Wildman–Crippen MR) is 51.7 cm³/mol. The molecule has 0 saturated heterocycles. The van der Waals surface area contributed by atoms with Gasteiger partial charge >= 0.3 is 60.8 Å². The van der Waals surface area contributed by atoms with E-state index >= 15 is 0 Å². The molecule has 1 rings (SSSR count). The summed E-state index contributed by atoms with van der Waals surface area (Å²) in [4.78, 5) is 0. The average molecular weight is 247 g/mol. The second-order valence-corrected chi connectivity index (χ2v) is 5.65. The molecular formula is C8H14AsNO3. The van der Waals surface area contributed by atoms with E-state index in [4.69, 9.17) is 13.9 Å². The quantitative estimate of drug-likeness (QED) is 0.568. The summed E-state index contributed by atoms with van der Waals surface area (Å²) < 4.78 is 28.0. The number of rotatable bonds is 1. The number of hydrogen-bond donors (Lipinski definition) is 3. The van der Waals surface area contributed by atoms with Gasteiger partial charge in [-0.2, -0.15) is 0 Å². The maximum absolute atomic E-state index is 10.6. The van der Waals surface area contributed by atoms with Crippen molar-refractivity contribution in [2.45, 2.75) is 6.92 Å². The molecule has 0 aromatic heterocycles. The summed E-state index contributed by atoms with van der Waals surface area (Å²) in [7, 11) is 0. The Balaban J connectivity index is 0.000000424. The molecule has 1 aromatic carbocycles. The van der Waals surface area contributed by atoms with Gasteiger partial charge < -0.3 is 5.73 Å². The van der Waals surface area contributed by atoms with Gasteiger partial charge in [0.05, 0.1) is 0 Å². The van der Waals surface area contributed by atoms with Gasteiger partial charge in [0.15, 0.2) is 0 Å². The van der Waals surface area contributed by atoms with Gasteiger partial charge in [0.2, 0.25) is 0 Å². The van der Waals surface area contributed by atoms with E-state index in [0.717, 1.165) is 6.54 Å². The van der Waals surface area contributed by atoms with Crippen molar-refractivity contribution in [1.82, 2.24) is 0 Å². The van der Waals surface area contributed by atoms with Crippen LogP contribution < -0.4 is 10.1 Å². The first kappa shape index (κ1) is 12.5. The third-order valence-corrected chi connectivity index (χ3v) is 3.13. The van der Waals surface area contributed by atoms with E-state index in [2.05, 4.69) is 0 Å². The fourth-order valence-corrected chi connectivity index (χ4v) is 1.80. The molecule has 0 aliphatic heterocycles. The molecule has 5 heteroatoms. The minimum absolute atomic E-state index is 0.126. The van der Waals surface area contributed by atoms with Crippen molar-refractivity contribution in [1.29, 1.82) is 0 Å². The van der Waals surface area contributed by atoms with Crippen LogP contribution in [0.4, 0.5) is 0 Å². The summed E-state index contributed by atoms with van der Waals surface area (Å²) in [6.07, 6.45) is 0. The van der Waals surface area contributed by atoms with Crippen molar-refractivity contribution in [2.75, 3.05) is 6.54 Å². The van der Waals surface area contributed by atoms with E-state index < -0.39 is 14.2 Å². The topological polar surface area (TPSA) is 83.6 Å². The number of nitrogens with two attached hydrogens (primary N) is 1. The Morgan fingerprint density at radius 2 is 1.69 bits per heavy atom. The van der Waals surface area contributed by atoms with Crippen molar-refractivity contribution in [3.63, 3.8) is 0 Å². The van der Waals surface area contributed by atoms with Crippen LogP contribution in [-0.2, 0) is 3.74 Å². The second-order valence-electron chi connectivity index (χ2n) is 2.29. The van der Waals surface area contributed by atoms with Crippen LogP contribution in [0.5, 0.6) is 0 Å². The molecule has 0 aliphatic rings. The summed E-state index contributed by atoms with van der Waals surface area (Å²) >= 11 is -4.60. The Morgan fingerprint density at radius 3 is 1.92 bits per heavy atom. The Hall–Kier alpha value is -0.542. The fourth-order valence-electron chi connectivity index (χ4n) is 0.622. The third-order valence-electron chi connectivity index (χ3n) is 1.09. The summed E-state index contributed by atoms with van der Waals surface area (Å²) in [5.41, 5.74) is 4.85. The molecule has 13 heavy (non-hydrogen) atoms. The van der Waals surface area contributed by atoms with Crippen molar-refractivity contribution >= 4 is 18.5 Å². The molecule has 0 saturated carbocycles. The standard InChI is InChI=1S/C6H7AsO3.C2H7N/c8-7(9,10)6-4-2-1-3-5-6;1-2-3/h1-5H,(H2,8,9,10);2-3H2,1H3. The summed E-state index contributed by atoms with van der Waals surface area (Å²) in [5.74, 6) is 0. The van der Waals surface area contributed by atoms with Crippen LogP contribution >= 0.6 is 0 Å². The molecule has 0 bridgehead atoms. The number of benzene rings is 1. The molecule has 0 amide bonds. The van der Waals surface area contributed by atoms with Crippen molar-refractivity contribution in [3.8, 4) is 0 Å². The van der Waals surface area contributed by atoms with Crippen LogP contribution in [0.2, 0.25) is 0 Å². The van der Waals surface area contributed by atoms with Gasteiger partial charge in [-0.1, -0.05) is 6.92 Å². The molecule has 0 atom stereocenters. The van der Waals surface area contributed by atoms with Gasteiger partial charge in [0, 0.05) is 0 Å². The van der Waals surface area contributed by atoms with Crippen molar-refractivity contribution in [2.24, 2.45) is 5.73 Å². The van der Waals surface area contributed by atoms with Gasteiger partial charge in [-0.05, 0) is 6.54 Å². The Morgan fingerprint density at radius 1 is 1.31 bits per heavy atom. The Bertz CT molecular complexity index is 270. The van der Waals surface area contributed by atoms with Crippen LogP contribution in [0.25, 0.3) is 0 Å². The zero-order valence-electron chi connectivity index (χ0n) is 7.42. The first-order chi connectivity index (χ1) is 6.02. The SMILES string of the molecule is CCN.O=[As](O)(O)c1ccccc1. The second kappa shape index (κ2) is 6.00. The van der Waals surface area contributed by atoms with Gasteiger partial charge in [0.25, 0.3) is 0 Å². The van der Waals surface area contributed by atoms with E-state index in [-0.39, 0.29) is 4.35 Å². The van der Waals surface area contributed by atoms with Crippen LogP contribution in [0.15, 0.2) is 30.3 Å². The Labute approximate surface area is 80.4 Å². The van der Waals surface area contributed by atoms with Gasteiger partial charge in [-0.3, -0.25) is 0 Å². The zero-order valence-corrected chi connectivity index (χ0v) is 9.30. The molecule has 4 nitrogen and oxygen atoms in total. The van der Waals surface area contributed by atoms with Gasteiger partial charge in [-0.25, -0.2) is 0 Å². The van der Waals surface area contributed by atoms with Crippen LogP contribution in [0.1, 0.15) is 6.92 Å². The van der Waals surface area contributed by atoms with Crippen LogP contribution in [0, 0.1) is 0 Å². The van der Waals surface area contributed by atoms with E-state index in [0.29, 0.717) is 0 Å². The number of hydrogen-bond acceptors (Lipinski definition) is 2. The molecule has 0 radical (unpaired) electrons. The van der Waals surface area contributed by atoms with Crippen molar-refractivity contribution in [3.05, 3.63) is 30.3 Å². The van der Waals surface area contributed by atoms with E-state index in [1.54, 1.807) is 18.2 Å². The molecule has 0 aliphatic carbocycles. The van der Waals surface area contributed by atoms with Crippen molar-refractivity contribution < 1.29 is 11.9 Å². The molecular weight excluding hydrogens is 233 g/mol. The normalized spacial score (nSPS) is 10.2. The Kier molecular flexibility index (Phi) is 5.75. The van der Waals surface area contributed by atoms with Gasteiger partial charge in [0.1, 0.15) is 0 Å². The molecule has 74 valence electrons. The van der Waals surface area contributed by atoms with Gasteiger partial charge in [-0.15, -0.1) is 0 Å². The third kappa shape index (κ3) is 5.66. The zero-order chi connectivity index (χ0) is 10.3. The first-order valence-corrected chi connectivity index (χ1v) is 7.22. The van der Waals surface area contributed by atoms with E-state index in [1.165, 1.54) is 12.1 Å². The van der Waals surface area contributed by atoms with E-state index in [9.17, 15) is 3.74 Å². The molecule has 1 aromatic rings. The average Bonchev–Trinajstić information content (AvgIpc) is 2.06. The fraction of sp³-hybridized carbons (Fsp3) is 0.250. The monoisotopic (exact) mass is 247 g/mol. The van der Waals surface area contributed by atoms with Crippen LogP contribution in [-0.4, -0.2) is 28.9 Å². The molecule has 0 unspecified atom stereocenters. The maximum atomic E-state index is 10.6. The molecule has 4 N–H and O–H groups in total. The minimum atomic E-state index is -4.60. The molecule has 0 fully saturated rings. The van der Waals surface area contributed by atoms with Crippen LogP contribution in [0.3, 0.4) is 0 Å². The summed E-state index contributed by atoms with van der Waals surface area (Å²) in [6.45, 7) is 2.65.